The van der Waals surface area contributed by atoms with Crippen LogP contribution in [0.4, 0.5) is 16.2 Å². The molecule has 0 bridgehead atoms. The maximum Gasteiger partial charge on any atom is 0.323 e. The molecule has 8 nitrogen and oxygen atoms in total. The molecule has 0 unspecified atom stereocenters. The van der Waals surface area contributed by atoms with Crippen LogP contribution in [0.5, 0.6) is 11.5 Å². The number of rotatable bonds is 6. The Bertz CT molecular complexity index is 1270. The van der Waals surface area contributed by atoms with Gasteiger partial charge in [-0.05, 0) is 48.5 Å². The third-order valence-corrected chi connectivity index (χ3v) is 4.45. The van der Waals surface area contributed by atoms with E-state index < -0.39 is 0 Å². The van der Waals surface area contributed by atoms with E-state index in [0.717, 1.165) is 0 Å². The van der Waals surface area contributed by atoms with Gasteiger partial charge in [0.05, 0.1) is 12.8 Å². The molecule has 8 heteroatoms. The Morgan fingerprint density at radius 3 is 2.55 bits per heavy atom. The van der Waals surface area contributed by atoms with Crippen LogP contribution in [0.1, 0.15) is 5.69 Å². The second kappa shape index (κ2) is 9.00. The van der Waals surface area contributed by atoms with Gasteiger partial charge in [-0.1, -0.05) is 12.1 Å². The molecule has 4 rings (SSSR count). The van der Waals surface area contributed by atoms with Crippen molar-refractivity contribution in [2.75, 3.05) is 17.7 Å². The molecule has 0 aliphatic rings. The van der Waals surface area contributed by atoms with E-state index >= 15 is 0 Å². The first-order valence-electron chi connectivity index (χ1n) is 9.53. The van der Waals surface area contributed by atoms with Crippen molar-refractivity contribution in [1.29, 1.82) is 0 Å². The lowest BCUT2D eigenvalue weighted by Crippen LogP contribution is -2.19. The molecule has 0 aliphatic carbocycles. The minimum Gasteiger partial charge on any atom is -0.497 e. The lowest BCUT2D eigenvalue weighted by Gasteiger charge is -2.11. The molecule has 156 valence electrons. The number of hydrogen-bond donors (Lipinski definition) is 2. The molecular weight excluding hydrogens is 396 g/mol. The van der Waals surface area contributed by atoms with Gasteiger partial charge in [-0.25, -0.2) is 9.78 Å². The number of hydrogen-bond acceptors (Lipinski definition) is 5. The number of fused-ring (bicyclic) bond motifs is 1. The molecule has 0 saturated heterocycles. The number of nitrogens with one attached hydrogen (secondary N) is 2. The summed E-state index contributed by atoms with van der Waals surface area (Å²) >= 11 is 0. The summed E-state index contributed by atoms with van der Waals surface area (Å²) in [4.78, 5) is 28.9. The quantitative estimate of drug-likeness (QED) is 0.497. The maximum atomic E-state index is 12.2. The van der Waals surface area contributed by atoms with Crippen LogP contribution >= 0.6 is 0 Å². The molecule has 2 heterocycles. The minimum atomic E-state index is -0.383. The zero-order chi connectivity index (χ0) is 21.6. The predicted octanol–water partition coefficient (Wildman–Crippen LogP) is 3.93. The van der Waals surface area contributed by atoms with Gasteiger partial charge in [-0.2, -0.15) is 0 Å². The van der Waals surface area contributed by atoms with Crippen molar-refractivity contribution >= 4 is 23.1 Å². The normalized spacial score (nSPS) is 10.5. The van der Waals surface area contributed by atoms with Crippen molar-refractivity contribution < 1.29 is 14.3 Å². The molecule has 0 atom stereocenters. The number of carbonyl (C=O) groups excluding carboxylic acids is 1. The molecule has 2 aromatic carbocycles. The second-order valence-electron chi connectivity index (χ2n) is 6.64. The van der Waals surface area contributed by atoms with Crippen molar-refractivity contribution in [3.63, 3.8) is 0 Å². The Morgan fingerprint density at radius 1 is 0.935 bits per heavy atom. The zero-order valence-corrected chi connectivity index (χ0v) is 16.7. The number of pyridine rings is 1. The van der Waals surface area contributed by atoms with Crippen LogP contribution in [-0.4, -0.2) is 22.5 Å². The van der Waals surface area contributed by atoms with Crippen LogP contribution in [-0.2, 0) is 6.61 Å². The number of carbonyl (C=O) groups is 1. The van der Waals surface area contributed by atoms with Crippen molar-refractivity contribution in [3.8, 4) is 11.5 Å². The lowest BCUT2D eigenvalue weighted by atomic mass is 10.3. The fraction of sp³-hybridized carbons (Fsp3) is 0.0870. The summed E-state index contributed by atoms with van der Waals surface area (Å²) in [6.07, 6.45) is 1.67. The maximum absolute atomic E-state index is 12.2. The van der Waals surface area contributed by atoms with Gasteiger partial charge in [-0.3, -0.25) is 9.20 Å². The van der Waals surface area contributed by atoms with Crippen LogP contribution in [0.2, 0.25) is 0 Å². The van der Waals surface area contributed by atoms with E-state index in [1.54, 1.807) is 74.0 Å². The number of urea groups is 1. The van der Waals surface area contributed by atoms with Gasteiger partial charge in [0.1, 0.15) is 23.8 Å². The minimum absolute atomic E-state index is 0.127. The van der Waals surface area contributed by atoms with E-state index in [1.807, 2.05) is 6.07 Å². The Balaban J connectivity index is 1.39. The lowest BCUT2D eigenvalue weighted by molar-refractivity contribution is 0.262. The third-order valence-electron chi connectivity index (χ3n) is 4.45. The summed E-state index contributed by atoms with van der Waals surface area (Å²) in [6.45, 7) is 0.127. The zero-order valence-electron chi connectivity index (χ0n) is 16.7. The Hall–Kier alpha value is -4.33. The van der Waals surface area contributed by atoms with E-state index in [9.17, 15) is 9.59 Å². The number of ether oxygens (including phenoxy) is 2. The highest BCUT2D eigenvalue weighted by molar-refractivity contribution is 5.99. The van der Waals surface area contributed by atoms with Crippen molar-refractivity contribution in [2.24, 2.45) is 0 Å². The topological polar surface area (TPSA) is 94.0 Å². The van der Waals surface area contributed by atoms with Crippen LogP contribution < -0.4 is 25.7 Å². The molecule has 31 heavy (non-hydrogen) atoms. The van der Waals surface area contributed by atoms with Crippen molar-refractivity contribution in [1.82, 2.24) is 9.38 Å². The highest BCUT2D eigenvalue weighted by Gasteiger charge is 2.06. The monoisotopic (exact) mass is 416 g/mol. The number of benzene rings is 2. The standard InChI is InChI=1S/C23H20N4O4/c1-30-19-10-8-16(9-11-19)25-23(29)26-17-5-4-6-20(13-17)31-15-18-14-22(28)27-12-3-2-7-21(27)24-18/h2-14H,15H2,1H3,(H2,25,26,29). The van der Waals surface area contributed by atoms with Crippen LogP contribution in [0.15, 0.2) is 83.8 Å². The smallest absolute Gasteiger partial charge is 0.323 e. The molecule has 0 spiro atoms. The van der Waals surface area contributed by atoms with Gasteiger partial charge >= 0.3 is 6.03 Å². The number of amides is 2. The van der Waals surface area contributed by atoms with E-state index in [-0.39, 0.29) is 18.2 Å². The fourth-order valence-corrected chi connectivity index (χ4v) is 2.97. The molecule has 4 aromatic rings. The Labute approximate surface area is 178 Å². The largest absolute Gasteiger partial charge is 0.497 e. The average Bonchev–Trinajstić information content (AvgIpc) is 2.78. The first-order chi connectivity index (χ1) is 15.1. The summed E-state index contributed by atoms with van der Waals surface area (Å²) in [6, 6.07) is 20.4. The van der Waals surface area contributed by atoms with Gasteiger partial charge in [0.25, 0.3) is 5.56 Å². The second-order valence-corrected chi connectivity index (χ2v) is 6.64. The fourth-order valence-electron chi connectivity index (χ4n) is 2.97. The van der Waals surface area contributed by atoms with Crippen molar-refractivity contribution in [3.05, 3.63) is 95.0 Å². The highest BCUT2D eigenvalue weighted by Crippen LogP contribution is 2.19. The predicted molar refractivity (Wildman–Crippen MR) is 118 cm³/mol. The molecule has 2 N–H and O–H groups in total. The first kappa shape index (κ1) is 20.0. The molecule has 0 radical (unpaired) electrons. The van der Waals surface area contributed by atoms with E-state index in [1.165, 1.54) is 10.5 Å². The molecular formula is C23H20N4O4. The van der Waals surface area contributed by atoms with E-state index in [4.69, 9.17) is 9.47 Å². The summed E-state index contributed by atoms with van der Waals surface area (Å²) in [5.74, 6) is 1.25. The van der Waals surface area contributed by atoms with E-state index in [0.29, 0.717) is 34.2 Å². The van der Waals surface area contributed by atoms with Crippen LogP contribution in [0.25, 0.3) is 5.65 Å². The third kappa shape index (κ3) is 4.99. The van der Waals surface area contributed by atoms with Crippen LogP contribution in [0.3, 0.4) is 0 Å². The molecule has 2 aromatic heterocycles. The number of nitrogens with zero attached hydrogens (tertiary/aromatic N) is 2. The number of aromatic nitrogens is 2. The van der Waals surface area contributed by atoms with Gasteiger partial charge in [0.2, 0.25) is 0 Å². The summed E-state index contributed by atoms with van der Waals surface area (Å²) in [7, 11) is 1.58. The number of anilines is 2. The first-order valence-corrected chi connectivity index (χ1v) is 9.53. The SMILES string of the molecule is COc1ccc(NC(=O)Nc2cccc(OCc3cc(=O)n4ccccc4n3)c2)cc1. The highest BCUT2D eigenvalue weighted by atomic mass is 16.5. The van der Waals surface area contributed by atoms with E-state index in [2.05, 4.69) is 15.6 Å². The molecule has 2 amide bonds. The molecule has 0 saturated carbocycles. The van der Waals surface area contributed by atoms with Gasteiger partial charge in [0.15, 0.2) is 0 Å². The van der Waals surface area contributed by atoms with Gasteiger partial charge in [0, 0.05) is 29.7 Å². The Kier molecular flexibility index (Phi) is 5.79. The van der Waals surface area contributed by atoms with Crippen LogP contribution in [0, 0.1) is 0 Å². The van der Waals surface area contributed by atoms with Crippen molar-refractivity contribution in [2.45, 2.75) is 6.61 Å². The number of methoxy groups -OCH3 is 1. The van der Waals surface area contributed by atoms with Gasteiger partial charge < -0.3 is 20.1 Å². The summed E-state index contributed by atoms with van der Waals surface area (Å²) in [5, 5.41) is 5.51. The molecule has 0 fully saturated rings. The summed E-state index contributed by atoms with van der Waals surface area (Å²) < 4.78 is 12.3. The Morgan fingerprint density at radius 2 is 1.74 bits per heavy atom. The average molecular weight is 416 g/mol. The van der Waals surface area contributed by atoms with Gasteiger partial charge in [-0.15, -0.1) is 0 Å². The molecule has 0 aliphatic heterocycles. The summed E-state index contributed by atoms with van der Waals surface area (Å²) in [5.41, 5.74) is 2.11.